The molecule has 0 radical (unpaired) electrons. The monoisotopic (exact) mass is 336 g/mol. The molecule has 0 atom stereocenters. The molecule has 0 bridgehead atoms. The Hall–Kier alpha value is -1.97. The van der Waals surface area contributed by atoms with Crippen molar-refractivity contribution in [3.8, 4) is 0 Å². The van der Waals surface area contributed by atoms with Crippen molar-refractivity contribution in [1.82, 2.24) is 0 Å². The van der Waals surface area contributed by atoms with E-state index in [1.165, 1.54) is 12.1 Å². The van der Waals surface area contributed by atoms with Gasteiger partial charge in [0.15, 0.2) is 0 Å². The maximum Gasteiger partial charge on any atom is 0.338 e. The highest BCUT2D eigenvalue weighted by atomic mass is 19.3. The van der Waals surface area contributed by atoms with E-state index in [0.29, 0.717) is 11.1 Å². The van der Waals surface area contributed by atoms with E-state index in [9.17, 15) is 13.6 Å². The minimum Gasteiger partial charge on any atom is -0.462 e. The van der Waals surface area contributed by atoms with E-state index in [0.717, 1.165) is 31.3 Å². The summed E-state index contributed by atoms with van der Waals surface area (Å²) in [6.45, 7) is 6.13. The molecule has 0 spiro atoms. The van der Waals surface area contributed by atoms with Gasteiger partial charge in [-0.3, -0.25) is 0 Å². The van der Waals surface area contributed by atoms with Crippen LogP contribution in [0.2, 0.25) is 0 Å². The van der Waals surface area contributed by atoms with Crippen LogP contribution in [0.4, 0.5) is 8.78 Å². The van der Waals surface area contributed by atoms with Gasteiger partial charge < -0.3 is 4.74 Å². The third-order valence-electron chi connectivity index (χ3n) is 3.67. The molecule has 1 rings (SSSR count). The van der Waals surface area contributed by atoms with Crippen LogP contribution in [0.15, 0.2) is 42.0 Å². The lowest BCUT2D eigenvalue weighted by atomic mass is 9.95. The lowest BCUT2D eigenvalue weighted by Crippen LogP contribution is -2.04. The molecule has 2 nitrogen and oxygen atoms in total. The fourth-order valence-electron chi connectivity index (χ4n) is 2.46. The number of hydrogen-bond acceptors (Lipinski definition) is 2. The van der Waals surface area contributed by atoms with Crippen LogP contribution >= 0.6 is 0 Å². The normalized spacial score (nSPS) is 11.3. The second-order valence-electron chi connectivity index (χ2n) is 5.61. The topological polar surface area (TPSA) is 26.3 Å². The first-order chi connectivity index (χ1) is 11.5. The van der Waals surface area contributed by atoms with Gasteiger partial charge in [-0.25, -0.2) is 4.79 Å². The van der Waals surface area contributed by atoms with E-state index in [4.69, 9.17) is 4.74 Å². The molecule has 0 fully saturated rings. The summed E-state index contributed by atoms with van der Waals surface area (Å²) < 4.78 is 31.8. The van der Waals surface area contributed by atoms with Crippen molar-refractivity contribution in [2.75, 3.05) is 6.61 Å². The fraction of sp³-hybridized carbons (Fsp3) is 0.450. The fourth-order valence-corrected chi connectivity index (χ4v) is 2.46. The number of halogens is 2. The summed E-state index contributed by atoms with van der Waals surface area (Å²) in [6, 6.07) is 6.19. The standard InChI is InChI=1S/C20H26F2O2/c1-4-7-9-15(8-5-2)14-18(19(21)22)16-10-12-17(13-11-16)20(23)24-6-3/h9-13H,4-8,14H2,1-3H3/b15-9+. The molecule has 1 aromatic rings. The molecule has 4 heteroatoms. The number of unbranched alkanes of at least 4 members (excludes halogenated alkanes) is 1. The Morgan fingerprint density at radius 2 is 1.67 bits per heavy atom. The summed E-state index contributed by atoms with van der Waals surface area (Å²) in [6.07, 6.45) is 4.29. The number of benzene rings is 1. The van der Waals surface area contributed by atoms with Crippen molar-refractivity contribution >= 4 is 11.5 Å². The van der Waals surface area contributed by atoms with E-state index in [1.807, 2.05) is 6.92 Å². The molecular weight excluding hydrogens is 310 g/mol. The molecule has 0 aliphatic heterocycles. The first-order valence-corrected chi connectivity index (χ1v) is 8.53. The number of esters is 1. The van der Waals surface area contributed by atoms with Crippen LogP contribution in [0.5, 0.6) is 0 Å². The quantitative estimate of drug-likeness (QED) is 0.386. The Morgan fingerprint density at radius 3 is 2.17 bits per heavy atom. The second-order valence-corrected chi connectivity index (χ2v) is 5.61. The predicted molar refractivity (Wildman–Crippen MR) is 94.1 cm³/mol. The molecule has 0 aliphatic rings. The maximum absolute atomic E-state index is 13.4. The Bertz CT molecular complexity index is 582. The molecule has 0 saturated heterocycles. The number of hydrogen-bond donors (Lipinski definition) is 0. The van der Waals surface area contributed by atoms with Gasteiger partial charge in [0.25, 0.3) is 6.08 Å². The summed E-state index contributed by atoms with van der Waals surface area (Å²) in [5.41, 5.74) is 1.88. The van der Waals surface area contributed by atoms with E-state index in [1.54, 1.807) is 19.1 Å². The lowest BCUT2D eigenvalue weighted by Gasteiger charge is -2.11. The number of carbonyl (C=O) groups excluding carboxylic acids is 1. The van der Waals surface area contributed by atoms with Crippen molar-refractivity contribution in [3.63, 3.8) is 0 Å². The zero-order valence-corrected chi connectivity index (χ0v) is 14.7. The van der Waals surface area contributed by atoms with Crippen LogP contribution in [0.3, 0.4) is 0 Å². The lowest BCUT2D eigenvalue weighted by molar-refractivity contribution is 0.0526. The van der Waals surface area contributed by atoms with Gasteiger partial charge in [-0.15, -0.1) is 0 Å². The van der Waals surface area contributed by atoms with Crippen LogP contribution in [0.1, 0.15) is 68.8 Å². The van der Waals surface area contributed by atoms with E-state index >= 15 is 0 Å². The molecule has 0 amide bonds. The van der Waals surface area contributed by atoms with Gasteiger partial charge in [0.2, 0.25) is 0 Å². The Kier molecular flexibility index (Phi) is 8.98. The summed E-state index contributed by atoms with van der Waals surface area (Å²) in [5, 5.41) is 0. The molecule has 0 saturated carbocycles. The van der Waals surface area contributed by atoms with Crippen molar-refractivity contribution < 1.29 is 18.3 Å². The van der Waals surface area contributed by atoms with E-state index < -0.39 is 12.0 Å². The van der Waals surface area contributed by atoms with Crippen molar-refractivity contribution in [3.05, 3.63) is 53.1 Å². The van der Waals surface area contributed by atoms with Crippen LogP contribution in [0.25, 0.3) is 5.57 Å². The molecule has 24 heavy (non-hydrogen) atoms. The zero-order valence-electron chi connectivity index (χ0n) is 14.7. The zero-order chi connectivity index (χ0) is 17.9. The highest BCUT2D eigenvalue weighted by molar-refractivity contribution is 5.89. The van der Waals surface area contributed by atoms with Crippen LogP contribution in [-0.4, -0.2) is 12.6 Å². The molecule has 132 valence electrons. The third kappa shape index (κ3) is 6.26. The summed E-state index contributed by atoms with van der Waals surface area (Å²) in [7, 11) is 0. The van der Waals surface area contributed by atoms with Crippen molar-refractivity contribution in [1.29, 1.82) is 0 Å². The Morgan fingerprint density at radius 1 is 1.04 bits per heavy atom. The van der Waals surface area contributed by atoms with Gasteiger partial charge in [0.1, 0.15) is 0 Å². The Balaban J connectivity index is 3.00. The SMILES string of the molecule is CCC/C=C(\CCC)CC(=C(F)F)c1ccc(C(=O)OCC)cc1. The largest absolute Gasteiger partial charge is 0.462 e. The molecular formula is C20H26F2O2. The highest BCUT2D eigenvalue weighted by Gasteiger charge is 2.13. The molecule has 0 aliphatic carbocycles. The predicted octanol–water partition coefficient (Wildman–Crippen LogP) is 6.39. The van der Waals surface area contributed by atoms with Gasteiger partial charge in [0.05, 0.1) is 12.2 Å². The number of rotatable bonds is 9. The number of allylic oxidation sites excluding steroid dienone is 3. The van der Waals surface area contributed by atoms with Crippen LogP contribution in [-0.2, 0) is 4.74 Å². The van der Waals surface area contributed by atoms with E-state index in [2.05, 4.69) is 13.0 Å². The molecule has 1 aromatic carbocycles. The maximum atomic E-state index is 13.4. The first-order valence-electron chi connectivity index (χ1n) is 8.53. The second kappa shape index (κ2) is 10.7. The Labute approximate surface area is 143 Å². The molecule has 0 heterocycles. The van der Waals surface area contributed by atoms with Crippen LogP contribution in [0, 0.1) is 0 Å². The average Bonchev–Trinajstić information content (AvgIpc) is 2.57. The third-order valence-corrected chi connectivity index (χ3v) is 3.67. The molecule has 0 N–H and O–H groups in total. The minimum atomic E-state index is -1.67. The molecule has 0 unspecified atom stereocenters. The van der Waals surface area contributed by atoms with Gasteiger partial charge in [-0.2, -0.15) is 8.78 Å². The van der Waals surface area contributed by atoms with Crippen molar-refractivity contribution in [2.24, 2.45) is 0 Å². The summed E-state index contributed by atoms with van der Waals surface area (Å²) in [4.78, 5) is 11.6. The van der Waals surface area contributed by atoms with Gasteiger partial charge >= 0.3 is 5.97 Å². The average molecular weight is 336 g/mol. The van der Waals surface area contributed by atoms with Crippen molar-refractivity contribution in [2.45, 2.75) is 52.9 Å². The number of carbonyl (C=O) groups is 1. The van der Waals surface area contributed by atoms with Gasteiger partial charge in [-0.05, 0) is 43.9 Å². The van der Waals surface area contributed by atoms with Gasteiger partial charge in [-0.1, -0.05) is 50.5 Å². The highest BCUT2D eigenvalue weighted by Crippen LogP contribution is 2.30. The summed E-state index contributed by atoms with van der Waals surface area (Å²) in [5.74, 6) is -0.440. The first kappa shape index (κ1) is 20.1. The minimum absolute atomic E-state index is 0.0289. The summed E-state index contributed by atoms with van der Waals surface area (Å²) >= 11 is 0. The smallest absolute Gasteiger partial charge is 0.338 e. The van der Waals surface area contributed by atoms with Gasteiger partial charge in [0, 0.05) is 5.57 Å². The molecule has 0 aromatic heterocycles. The van der Waals surface area contributed by atoms with E-state index in [-0.39, 0.29) is 18.6 Å². The number of ether oxygens (including phenoxy) is 1. The van der Waals surface area contributed by atoms with Crippen LogP contribution < -0.4 is 0 Å².